The minimum Gasteiger partial charge on any atom is -0.339 e. The van der Waals surface area contributed by atoms with Crippen LogP contribution in [0.3, 0.4) is 0 Å². The number of likely N-dealkylation sites (tertiary alicyclic amines) is 1. The second kappa shape index (κ2) is 7.84. The lowest BCUT2D eigenvalue weighted by molar-refractivity contribution is -0.127. The third-order valence-electron chi connectivity index (χ3n) is 3.85. The van der Waals surface area contributed by atoms with Crippen molar-refractivity contribution in [2.24, 2.45) is 5.92 Å². The third-order valence-corrected chi connectivity index (χ3v) is 3.85. The second-order valence-corrected chi connectivity index (χ2v) is 5.87. The number of Topliss-reactive ketones (excluding diaryl/α,β-unsaturated/α-hetero) is 1. The van der Waals surface area contributed by atoms with Gasteiger partial charge in [0.05, 0.1) is 0 Å². The fourth-order valence-electron chi connectivity index (χ4n) is 2.58. The van der Waals surface area contributed by atoms with E-state index in [9.17, 15) is 9.59 Å². The van der Waals surface area contributed by atoms with Gasteiger partial charge in [-0.3, -0.25) is 14.6 Å². The Morgan fingerprint density at radius 1 is 1.36 bits per heavy atom. The third kappa shape index (κ3) is 4.49. The summed E-state index contributed by atoms with van der Waals surface area (Å²) in [6.45, 7) is 2.03. The van der Waals surface area contributed by atoms with E-state index in [1.807, 2.05) is 30.0 Å². The van der Waals surface area contributed by atoms with E-state index in [4.69, 9.17) is 0 Å². The fourth-order valence-corrected chi connectivity index (χ4v) is 2.58. The van der Waals surface area contributed by atoms with Crippen molar-refractivity contribution in [3.05, 3.63) is 42.2 Å². The molecule has 5 nitrogen and oxygen atoms in total. The van der Waals surface area contributed by atoms with E-state index in [1.165, 1.54) is 0 Å². The van der Waals surface area contributed by atoms with Crippen LogP contribution in [0.1, 0.15) is 23.2 Å². The largest absolute Gasteiger partial charge is 0.339 e. The zero-order valence-corrected chi connectivity index (χ0v) is 13.2. The van der Waals surface area contributed by atoms with Gasteiger partial charge in [-0.2, -0.15) is 0 Å². The maximum absolute atomic E-state index is 12.4. The van der Waals surface area contributed by atoms with E-state index >= 15 is 0 Å². The van der Waals surface area contributed by atoms with Crippen molar-refractivity contribution in [3.63, 3.8) is 0 Å². The molecule has 1 aliphatic rings. The molecule has 1 aliphatic heterocycles. The normalized spacial score (nSPS) is 16.4. The zero-order chi connectivity index (χ0) is 15.9. The Morgan fingerprint density at radius 3 is 2.68 bits per heavy atom. The van der Waals surface area contributed by atoms with E-state index in [-0.39, 0.29) is 17.6 Å². The van der Waals surface area contributed by atoms with Gasteiger partial charge in [-0.15, -0.1) is 0 Å². The van der Waals surface area contributed by atoms with E-state index in [1.54, 1.807) is 30.6 Å². The van der Waals surface area contributed by atoms with Crippen LogP contribution in [-0.2, 0) is 4.79 Å². The highest BCUT2D eigenvalue weighted by atomic mass is 16.2. The molecule has 1 fully saturated rings. The van der Waals surface area contributed by atoms with Crippen molar-refractivity contribution in [1.29, 1.82) is 0 Å². The topological polar surface area (TPSA) is 53.5 Å². The highest BCUT2D eigenvalue weighted by Crippen LogP contribution is 2.21. The molecular formula is C17H23N3O2. The molecule has 0 aromatic carbocycles. The van der Waals surface area contributed by atoms with Gasteiger partial charge in [0, 0.05) is 49.6 Å². The molecular weight excluding hydrogens is 278 g/mol. The molecule has 0 saturated carbocycles. The fraction of sp³-hybridized carbons (Fsp3) is 0.471. The number of nitrogens with zero attached hydrogens (tertiary/aromatic N) is 3. The molecule has 2 rings (SSSR count). The summed E-state index contributed by atoms with van der Waals surface area (Å²) in [5, 5.41) is 0. The van der Waals surface area contributed by atoms with Gasteiger partial charge >= 0.3 is 0 Å². The predicted molar refractivity (Wildman–Crippen MR) is 85.6 cm³/mol. The lowest BCUT2D eigenvalue weighted by Crippen LogP contribution is -2.39. The number of pyridine rings is 1. The molecule has 0 bridgehead atoms. The highest BCUT2D eigenvalue weighted by molar-refractivity contribution is 5.97. The number of piperidine rings is 1. The van der Waals surface area contributed by atoms with Crippen LogP contribution in [0.2, 0.25) is 0 Å². The Morgan fingerprint density at radius 2 is 2.09 bits per heavy atom. The summed E-state index contributed by atoms with van der Waals surface area (Å²) < 4.78 is 0. The van der Waals surface area contributed by atoms with Gasteiger partial charge in [0.2, 0.25) is 5.91 Å². The van der Waals surface area contributed by atoms with Crippen LogP contribution in [0.5, 0.6) is 0 Å². The first-order valence-electron chi connectivity index (χ1n) is 7.62. The van der Waals surface area contributed by atoms with Crippen molar-refractivity contribution in [2.75, 3.05) is 33.7 Å². The molecule has 2 heterocycles. The standard InChI is InChI=1S/C17H23N3O2/c1-19(2)10-4-6-16(21)20-11-7-14(8-12-20)17(22)15-5-3-9-18-13-15/h3-6,9,13-14H,7-8,10-12H2,1-2H3/b6-4+. The maximum atomic E-state index is 12.4. The van der Waals surface area contributed by atoms with Crippen LogP contribution in [0.25, 0.3) is 0 Å². The van der Waals surface area contributed by atoms with E-state index in [0.717, 1.165) is 19.4 Å². The molecule has 0 spiro atoms. The molecule has 1 aromatic rings. The highest BCUT2D eigenvalue weighted by Gasteiger charge is 2.27. The summed E-state index contributed by atoms with van der Waals surface area (Å²) in [6.07, 6.45) is 8.22. The first-order chi connectivity index (χ1) is 10.6. The summed E-state index contributed by atoms with van der Waals surface area (Å²) in [5.41, 5.74) is 0.665. The number of ketones is 1. The van der Waals surface area contributed by atoms with Crippen molar-refractivity contribution in [3.8, 4) is 0 Å². The van der Waals surface area contributed by atoms with Crippen molar-refractivity contribution >= 4 is 11.7 Å². The van der Waals surface area contributed by atoms with Gasteiger partial charge < -0.3 is 9.80 Å². The molecule has 5 heteroatoms. The lowest BCUT2D eigenvalue weighted by atomic mass is 9.89. The van der Waals surface area contributed by atoms with E-state index < -0.39 is 0 Å². The van der Waals surface area contributed by atoms with Crippen molar-refractivity contribution in [2.45, 2.75) is 12.8 Å². The number of rotatable bonds is 5. The molecule has 0 N–H and O–H groups in total. The SMILES string of the molecule is CN(C)C/C=C/C(=O)N1CCC(C(=O)c2cccnc2)CC1. The molecule has 0 unspecified atom stereocenters. The van der Waals surface area contributed by atoms with Crippen LogP contribution in [0.15, 0.2) is 36.7 Å². The molecule has 1 amide bonds. The predicted octanol–water partition coefficient (Wildman–Crippen LogP) is 1.62. The minimum absolute atomic E-state index is 0.000922. The van der Waals surface area contributed by atoms with E-state index in [2.05, 4.69) is 4.98 Å². The molecule has 1 saturated heterocycles. The first-order valence-corrected chi connectivity index (χ1v) is 7.62. The van der Waals surface area contributed by atoms with Gasteiger partial charge in [-0.05, 0) is 39.1 Å². The molecule has 0 atom stereocenters. The van der Waals surface area contributed by atoms with Gasteiger partial charge in [0.25, 0.3) is 0 Å². The Balaban J connectivity index is 1.84. The van der Waals surface area contributed by atoms with E-state index in [0.29, 0.717) is 18.7 Å². The van der Waals surface area contributed by atoms with Crippen LogP contribution in [0, 0.1) is 5.92 Å². The summed E-state index contributed by atoms with van der Waals surface area (Å²) in [6, 6.07) is 3.58. The van der Waals surface area contributed by atoms with Gasteiger partial charge in [0.1, 0.15) is 0 Å². The number of amides is 1. The Hall–Kier alpha value is -2.01. The monoisotopic (exact) mass is 301 g/mol. The van der Waals surface area contributed by atoms with Gasteiger partial charge in [0.15, 0.2) is 5.78 Å². The van der Waals surface area contributed by atoms with Gasteiger partial charge in [-0.1, -0.05) is 6.08 Å². The summed E-state index contributed by atoms with van der Waals surface area (Å²) in [7, 11) is 3.93. The quantitative estimate of drug-likeness (QED) is 0.612. The maximum Gasteiger partial charge on any atom is 0.246 e. The molecule has 118 valence electrons. The average Bonchev–Trinajstić information content (AvgIpc) is 2.54. The van der Waals surface area contributed by atoms with Crippen LogP contribution >= 0.6 is 0 Å². The zero-order valence-electron chi connectivity index (χ0n) is 13.2. The van der Waals surface area contributed by atoms with Crippen LogP contribution < -0.4 is 0 Å². The number of aromatic nitrogens is 1. The molecule has 1 aromatic heterocycles. The lowest BCUT2D eigenvalue weighted by Gasteiger charge is -2.30. The molecule has 22 heavy (non-hydrogen) atoms. The average molecular weight is 301 g/mol. The molecule has 0 aliphatic carbocycles. The smallest absolute Gasteiger partial charge is 0.246 e. The van der Waals surface area contributed by atoms with Crippen molar-refractivity contribution in [1.82, 2.24) is 14.8 Å². The number of hydrogen-bond donors (Lipinski definition) is 0. The van der Waals surface area contributed by atoms with Gasteiger partial charge in [-0.25, -0.2) is 0 Å². The number of likely N-dealkylation sites (N-methyl/N-ethyl adjacent to an activating group) is 1. The molecule has 0 radical (unpaired) electrons. The Bertz CT molecular complexity index is 532. The number of carbonyl (C=O) groups excluding carboxylic acids is 2. The van der Waals surface area contributed by atoms with Crippen LogP contribution in [-0.4, -0.2) is 60.2 Å². The second-order valence-electron chi connectivity index (χ2n) is 5.87. The minimum atomic E-state index is -0.000922. The summed E-state index contributed by atoms with van der Waals surface area (Å²) in [4.78, 5) is 32.2. The Labute approximate surface area is 131 Å². The number of hydrogen-bond acceptors (Lipinski definition) is 4. The Kier molecular flexibility index (Phi) is 5.83. The summed E-state index contributed by atoms with van der Waals surface area (Å²) in [5.74, 6) is 0.177. The van der Waals surface area contributed by atoms with Crippen LogP contribution in [0.4, 0.5) is 0 Å². The first kappa shape index (κ1) is 16.4. The summed E-state index contributed by atoms with van der Waals surface area (Å²) >= 11 is 0. The number of carbonyl (C=O) groups is 2. The van der Waals surface area contributed by atoms with Crippen molar-refractivity contribution < 1.29 is 9.59 Å².